The Morgan fingerprint density at radius 1 is 1.24 bits per heavy atom. The van der Waals surface area contributed by atoms with E-state index in [1.807, 2.05) is 31.2 Å². The van der Waals surface area contributed by atoms with Crippen molar-refractivity contribution in [3.8, 4) is 5.69 Å². The molecule has 38 heavy (non-hydrogen) atoms. The second-order valence-corrected chi connectivity index (χ2v) is 8.95. The number of amidine groups is 1. The van der Waals surface area contributed by atoms with Gasteiger partial charge < -0.3 is 11.1 Å². The Kier molecular flexibility index (Phi) is 6.46. The van der Waals surface area contributed by atoms with Crippen LogP contribution in [-0.2, 0) is 11.3 Å². The molecule has 0 aliphatic carbocycles. The third kappa shape index (κ3) is 4.19. The Morgan fingerprint density at radius 2 is 2.03 bits per heavy atom. The largest absolute Gasteiger partial charge is 0.383 e. The van der Waals surface area contributed by atoms with E-state index in [1.165, 1.54) is 15.3 Å². The van der Waals surface area contributed by atoms with Crippen molar-refractivity contribution in [3.05, 3.63) is 92.8 Å². The Bertz CT molecular complexity index is 1730. The van der Waals surface area contributed by atoms with Crippen molar-refractivity contribution >= 4 is 41.1 Å². The van der Waals surface area contributed by atoms with E-state index >= 15 is 4.39 Å². The summed E-state index contributed by atoms with van der Waals surface area (Å²) >= 11 is 0. The number of aliphatic imine (C=N–C) groups is 2. The van der Waals surface area contributed by atoms with Crippen LogP contribution in [0.15, 0.2) is 68.9 Å². The van der Waals surface area contributed by atoms with Crippen molar-refractivity contribution in [2.45, 2.75) is 19.9 Å². The summed E-state index contributed by atoms with van der Waals surface area (Å²) in [6.07, 6.45) is 2.20. The van der Waals surface area contributed by atoms with Gasteiger partial charge >= 0.3 is 0 Å². The Labute approximate surface area is 217 Å². The van der Waals surface area contributed by atoms with Gasteiger partial charge in [0.2, 0.25) is 5.91 Å². The molecular weight excluding hydrogens is 485 g/mol. The molecule has 3 N–H and O–H groups in total. The molecule has 1 amide bonds. The number of nitrogens with two attached hydrogens (primary N) is 1. The molecule has 9 nitrogen and oxygen atoms in total. The van der Waals surface area contributed by atoms with Crippen molar-refractivity contribution in [2.24, 2.45) is 15.7 Å². The number of benzene rings is 2. The van der Waals surface area contributed by atoms with Crippen LogP contribution in [0.25, 0.3) is 22.5 Å². The maximum atomic E-state index is 15.0. The molecule has 3 heterocycles. The fraction of sp³-hybridized carbons (Fsp3) is 0.179. The van der Waals surface area contributed by atoms with E-state index in [1.54, 1.807) is 31.3 Å². The summed E-state index contributed by atoms with van der Waals surface area (Å²) in [7, 11) is 1.54. The lowest BCUT2D eigenvalue weighted by Gasteiger charge is -2.17. The summed E-state index contributed by atoms with van der Waals surface area (Å²) in [5.41, 5.74) is 8.63. The van der Waals surface area contributed by atoms with Gasteiger partial charge in [-0.05, 0) is 55.3 Å². The number of fused-ring (bicyclic) bond motifs is 1. The second kappa shape index (κ2) is 9.89. The predicted molar refractivity (Wildman–Crippen MR) is 147 cm³/mol. The Morgan fingerprint density at radius 3 is 2.71 bits per heavy atom. The van der Waals surface area contributed by atoms with Crippen LogP contribution < -0.4 is 16.6 Å². The van der Waals surface area contributed by atoms with Gasteiger partial charge in [-0.2, -0.15) is 5.10 Å². The molecule has 0 bridgehead atoms. The second-order valence-electron chi connectivity index (χ2n) is 8.95. The van der Waals surface area contributed by atoms with Crippen LogP contribution in [0.5, 0.6) is 0 Å². The highest BCUT2D eigenvalue weighted by Gasteiger charge is 2.24. The van der Waals surface area contributed by atoms with Crippen molar-refractivity contribution in [2.75, 3.05) is 13.6 Å². The summed E-state index contributed by atoms with van der Waals surface area (Å²) in [5, 5.41) is 8.68. The number of carbonyl (C=O) groups excluding carboxylic acids is 1. The average molecular weight is 512 g/mol. The first-order valence-corrected chi connectivity index (χ1v) is 12.0. The Hall–Kier alpha value is -4.86. The molecule has 10 heteroatoms. The summed E-state index contributed by atoms with van der Waals surface area (Å²) in [5.74, 6) is -0.226. The number of nitrogens with zero attached hydrogens (tertiary/aromatic N) is 5. The molecule has 2 aromatic carbocycles. The van der Waals surface area contributed by atoms with Gasteiger partial charge in [0.25, 0.3) is 5.56 Å². The molecule has 4 aromatic rings. The van der Waals surface area contributed by atoms with Crippen LogP contribution in [-0.4, -0.2) is 46.4 Å². The zero-order chi connectivity index (χ0) is 27.0. The summed E-state index contributed by atoms with van der Waals surface area (Å²) in [6, 6.07) is 13.5. The number of carbonyl (C=O) groups is 1. The number of para-hydroxylation sites is 1. The number of aryl methyl sites for hydroxylation is 1. The minimum absolute atomic E-state index is 0.0428. The molecule has 192 valence electrons. The number of rotatable bonds is 6. The zero-order valence-electron chi connectivity index (χ0n) is 21.0. The van der Waals surface area contributed by atoms with Crippen LogP contribution in [0.2, 0.25) is 0 Å². The van der Waals surface area contributed by atoms with E-state index in [4.69, 9.17) is 5.73 Å². The summed E-state index contributed by atoms with van der Waals surface area (Å²) < 4.78 is 17.9. The molecule has 0 unspecified atom stereocenters. The Balaban J connectivity index is 1.76. The van der Waals surface area contributed by atoms with Crippen LogP contribution in [0.1, 0.15) is 28.9 Å². The highest BCUT2D eigenvalue weighted by atomic mass is 19.1. The SMILES string of the molecule is C=Nc1c(/C(N)=N\C)c(/C=C2/CCNC2=O)nn1Cc1cc2cccc(C)c2c(=O)n1-c1ccccc1F. The molecular formula is C28H26FN7O2. The third-order valence-corrected chi connectivity index (χ3v) is 6.62. The normalized spacial score (nSPS) is 14.9. The molecule has 0 atom stereocenters. The molecule has 1 fully saturated rings. The number of nitrogens with one attached hydrogen (secondary N) is 1. The van der Waals surface area contributed by atoms with E-state index in [2.05, 4.69) is 27.1 Å². The van der Waals surface area contributed by atoms with Crippen molar-refractivity contribution in [1.29, 1.82) is 0 Å². The van der Waals surface area contributed by atoms with E-state index in [0.717, 1.165) is 10.9 Å². The molecule has 0 radical (unpaired) electrons. The van der Waals surface area contributed by atoms with Crippen LogP contribution in [0, 0.1) is 12.7 Å². The minimum atomic E-state index is -0.535. The van der Waals surface area contributed by atoms with Gasteiger partial charge in [-0.3, -0.25) is 19.1 Å². The van der Waals surface area contributed by atoms with Gasteiger partial charge in [-0.25, -0.2) is 14.1 Å². The lowest BCUT2D eigenvalue weighted by atomic mass is 10.1. The lowest BCUT2D eigenvalue weighted by molar-refractivity contribution is -0.116. The molecule has 0 spiro atoms. The monoisotopic (exact) mass is 511 g/mol. The number of aromatic nitrogens is 3. The van der Waals surface area contributed by atoms with E-state index in [-0.39, 0.29) is 29.5 Å². The number of amides is 1. The van der Waals surface area contributed by atoms with E-state index in [0.29, 0.717) is 46.7 Å². The zero-order valence-corrected chi connectivity index (χ0v) is 21.0. The molecule has 1 aliphatic heterocycles. The van der Waals surface area contributed by atoms with Crippen LogP contribution in [0.4, 0.5) is 10.2 Å². The van der Waals surface area contributed by atoms with Gasteiger partial charge in [0.05, 0.1) is 28.9 Å². The van der Waals surface area contributed by atoms with Gasteiger partial charge in [0.1, 0.15) is 11.7 Å². The fourth-order valence-electron chi connectivity index (χ4n) is 4.80. The van der Waals surface area contributed by atoms with Crippen LogP contribution in [0.3, 0.4) is 0 Å². The smallest absolute Gasteiger partial charge is 0.263 e. The predicted octanol–water partition coefficient (Wildman–Crippen LogP) is 3.25. The number of hydrogen-bond acceptors (Lipinski definition) is 5. The molecule has 1 saturated heterocycles. The molecule has 0 saturated carbocycles. The highest BCUT2D eigenvalue weighted by molar-refractivity contribution is 6.06. The first-order valence-electron chi connectivity index (χ1n) is 12.0. The highest BCUT2D eigenvalue weighted by Crippen LogP contribution is 2.28. The lowest BCUT2D eigenvalue weighted by Crippen LogP contribution is -2.25. The van der Waals surface area contributed by atoms with Gasteiger partial charge in [0, 0.05) is 24.9 Å². The standard InChI is InChI=1S/C28H26FN7O2/c1-16-7-6-8-17-13-19(36(28(38)23(16)17)22-10-5-4-9-20(22)29)15-35-26(32-3)24(25(30)31-2)21(34-35)14-18-11-12-33-27(18)37/h4-10,13-14H,3,11-12,15H2,1-2H3,(H2,30,31)(H,33,37)/b18-14-. The molecule has 5 rings (SSSR count). The maximum absolute atomic E-state index is 15.0. The van der Waals surface area contributed by atoms with Gasteiger partial charge in [-0.15, -0.1) is 0 Å². The van der Waals surface area contributed by atoms with E-state index in [9.17, 15) is 9.59 Å². The first kappa shape index (κ1) is 24.8. The topological polar surface area (TPSA) is 120 Å². The molecule has 2 aromatic heterocycles. The quantitative estimate of drug-likeness (QED) is 0.235. The number of halogens is 1. The van der Waals surface area contributed by atoms with Crippen molar-refractivity contribution in [3.63, 3.8) is 0 Å². The minimum Gasteiger partial charge on any atom is -0.383 e. The van der Waals surface area contributed by atoms with E-state index < -0.39 is 5.82 Å². The van der Waals surface area contributed by atoms with Gasteiger partial charge in [0.15, 0.2) is 5.82 Å². The molecule has 1 aliphatic rings. The summed E-state index contributed by atoms with van der Waals surface area (Å²) in [4.78, 5) is 34.3. The summed E-state index contributed by atoms with van der Waals surface area (Å²) in [6.45, 7) is 6.12. The maximum Gasteiger partial charge on any atom is 0.263 e. The number of pyridine rings is 1. The average Bonchev–Trinajstić information content (AvgIpc) is 3.46. The fourth-order valence-corrected chi connectivity index (χ4v) is 4.80. The first-order chi connectivity index (χ1) is 18.3. The number of hydrogen-bond donors (Lipinski definition) is 2. The van der Waals surface area contributed by atoms with Crippen molar-refractivity contribution < 1.29 is 9.18 Å². The third-order valence-electron chi connectivity index (χ3n) is 6.62. The van der Waals surface area contributed by atoms with Crippen LogP contribution >= 0.6 is 0 Å². The van der Waals surface area contributed by atoms with Crippen molar-refractivity contribution in [1.82, 2.24) is 19.7 Å². The van der Waals surface area contributed by atoms with Gasteiger partial charge in [-0.1, -0.05) is 30.3 Å².